The fourth-order valence-corrected chi connectivity index (χ4v) is 5.30. The molecule has 4 heterocycles. The van der Waals surface area contributed by atoms with Crippen LogP contribution in [0.15, 0.2) is 54.9 Å². The molecule has 8 nitrogen and oxygen atoms in total. The van der Waals surface area contributed by atoms with Gasteiger partial charge in [-0.1, -0.05) is 24.3 Å². The van der Waals surface area contributed by atoms with Crippen molar-refractivity contribution in [3.8, 4) is 0 Å². The summed E-state index contributed by atoms with van der Waals surface area (Å²) in [6.07, 6.45) is 6.26. The number of carbonyl (C=O) groups excluding carboxylic acids is 3. The quantitative estimate of drug-likeness (QED) is 0.727. The predicted octanol–water partition coefficient (Wildman–Crippen LogP) is 2.27. The van der Waals surface area contributed by atoms with Gasteiger partial charge in [-0.15, -0.1) is 0 Å². The van der Waals surface area contributed by atoms with Gasteiger partial charge in [-0.05, 0) is 56.0 Å². The van der Waals surface area contributed by atoms with Crippen molar-refractivity contribution in [3.63, 3.8) is 0 Å². The van der Waals surface area contributed by atoms with E-state index in [2.05, 4.69) is 15.2 Å². The standard InChI is InChI=1S/C25H29N5O3/c31-22(20-7-2-1-3-8-20)29-14-10-25(11-15-29)23(32)30(24(33)27-25)21-9-5-13-28(18-21)17-19-6-4-12-26-16-19/h1-4,6-8,12,16,21H,5,9-11,13-15,17-18H2,(H,27,33)/t21-/m0/s1. The summed E-state index contributed by atoms with van der Waals surface area (Å²) in [7, 11) is 0. The molecule has 3 aliphatic heterocycles. The number of imide groups is 1. The number of nitrogens with zero attached hydrogens (tertiary/aromatic N) is 4. The lowest BCUT2D eigenvalue weighted by Gasteiger charge is -2.39. The number of hydrogen-bond acceptors (Lipinski definition) is 5. The third-order valence-electron chi connectivity index (χ3n) is 7.09. The molecule has 33 heavy (non-hydrogen) atoms. The number of nitrogens with one attached hydrogen (secondary N) is 1. The van der Waals surface area contributed by atoms with E-state index < -0.39 is 5.54 Å². The summed E-state index contributed by atoms with van der Waals surface area (Å²) in [5.74, 6) is -0.162. The van der Waals surface area contributed by atoms with Crippen LogP contribution >= 0.6 is 0 Å². The molecule has 0 radical (unpaired) electrons. The highest BCUT2D eigenvalue weighted by Crippen LogP contribution is 2.33. The first-order chi connectivity index (χ1) is 16.1. The van der Waals surface area contributed by atoms with E-state index in [-0.39, 0.29) is 23.9 Å². The third kappa shape index (κ3) is 4.23. The van der Waals surface area contributed by atoms with Crippen LogP contribution in [0, 0.1) is 0 Å². The number of hydrogen-bond donors (Lipinski definition) is 1. The maximum atomic E-state index is 13.5. The van der Waals surface area contributed by atoms with E-state index in [1.54, 1.807) is 23.2 Å². The first-order valence-electron chi connectivity index (χ1n) is 11.7. The van der Waals surface area contributed by atoms with E-state index in [1.165, 1.54) is 4.90 Å². The number of aromatic nitrogens is 1. The molecular formula is C25H29N5O3. The Bertz CT molecular complexity index is 1020. The van der Waals surface area contributed by atoms with Gasteiger partial charge >= 0.3 is 6.03 Å². The first kappa shape index (κ1) is 21.6. The van der Waals surface area contributed by atoms with E-state index in [1.807, 2.05) is 36.5 Å². The van der Waals surface area contributed by atoms with Gasteiger partial charge in [0.1, 0.15) is 5.54 Å². The summed E-state index contributed by atoms with van der Waals surface area (Å²) >= 11 is 0. The molecule has 1 atom stereocenters. The minimum absolute atomic E-state index is 0.0302. The molecule has 2 aromatic rings. The summed E-state index contributed by atoms with van der Waals surface area (Å²) < 4.78 is 0. The van der Waals surface area contributed by atoms with E-state index >= 15 is 0 Å². The van der Waals surface area contributed by atoms with Crippen LogP contribution in [0.25, 0.3) is 0 Å². The number of carbonyl (C=O) groups is 3. The average Bonchev–Trinajstić information content (AvgIpc) is 3.09. The van der Waals surface area contributed by atoms with Crippen LogP contribution < -0.4 is 5.32 Å². The van der Waals surface area contributed by atoms with Crippen molar-refractivity contribution in [2.24, 2.45) is 0 Å². The molecule has 1 aromatic heterocycles. The first-order valence-corrected chi connectivity index (χ1v) is 11.7. The van der Waals surface area contributed by atoms with Crippen LogP contribution in [0.3, 0.4) is 0 Å². The predicted molar refractivity (Wildman–Crippen MR) is 122 cm³/mol. The highest BCUT2D eigenvalue weighted by Gasteiger charge is 2.54. The fourth-order valence-electron chi connectivity index (χ4n) is 5.30. The number of pyridine rings is 1. The molecule has 8 heteroatoms. The molecular weight excluding hydrogens is 418 g/mol. The average molecular weight is 448 g/mol. The molecule has 1 N–H and O–H groups in total. The van der Waals surface area contributed by atoms with Gasteiger partial charge in [0.15, 0.2) is 0 Å². The molecule has 0 saturated carbocycles. The van der Waals surface area contributed by atoms with E-state index in [0.717, 1.165) is 31.5 Å². The molecule has 3 aliphatic rings. The molecule has 3 saturated heterocycles. The van der Waals surface area contributed by atoms with Crippen molar-refractivity contribution in [3.05, 3.63) is 66.0 Å². The Morgan fingerprint density at radius 3 is 2.58 bits per heavy atom. The molecule has 5 rings (SSSR count). The lowest BCUT2D eigenvalue weighted by Crippen LogP contribution is -2.56. The zero-order valence-corrected chi connectivity index (χ0v) is 18.7. The second-order valence-corrected chi connectivity index (χ2v) is 9.24. The highest BCUT2D eigenvalue weighted by molar-refractivity contribution is 6.07. The van der Waals surface area contributed by atoms with Gasteiger partial charge in [0.25, 0.3) is 11.8 Å². The van der Waals surface area contributed by atoms with Crippen LogP contribution in [0.2, 0.25) is 0 Å². The van der Waals surface area contributed by atoms with Gasteiger partial charge < -0.3 is 10.2 Å². The maximum Gasteiger partial charge on any atom is 0.325 e. The minimum atomic E-state index is -0.893. The Morgan fingerprint density at radius 1 is 1.06 bits per heavy atom. The van der Waals surface area contributed by atoms with Crippen molar-refractivity contribution in [2.45, 2.75) is 43.8 Å². The highest BCUT2D eigenvalue weighted by atomic mass is 16.2. The topological polar surface area (TPSA) is 85.8 Å². The Labute approximate surface area is 193 Å². The van der Waals surface area contributed by atoms with Gasteiger partial charge in [-0.2, -0.15) is 0 Å². The second-order valence-electron chi connectivity index (χ2n) is 9.24. The number of amides is 4. The Kier molecular flexibility index (Phi) is 5.85. The molecule has 0 aliphatic carbocycles. The summed E-state index contributed by atoms with van der Waals surface area (Å²) in [5.41, 5.74) is 0.881. The van der Waals surface area contributed by atoms with Crippen molar-refractivity contribution < 1.29 is 14.4 Å². The van der Waals surface area contributed by atoms with Crippen molar-refractivity contribution in [1.29, 1.82) is 0 Å². The lowest BCUT2D eigenvalue weighted by atomic mass is 9.86. The molecule has 3 fully saturated rings. The normalized spacial score (nSPS) is 23.1. The zero-order valence-electron chi connectivity index (χ0n) is 18.7. The summed E-state index contributed by atoms with van der Waals surface area (Å²) in [5, 5.41) is 3.00. The van der Waals surface area contributed by atoms with Crippen LogP contribution in [-0.2, 0) is 11.3 Å². The van der Waals surface area contributed by atoms with E-state index in [9.17, 15) is 14.4 Å². The van der Waals surface area contributed by atoms with Gasteiger partial charge in [-0.3, -0.25) is 24.4 Å². The number of urea groups is 1. The number of likely N-dealkylation sites (tertiary alicyclic amines) is 2. The lowest BCUT2D eigenvalue weighted by molar-refractivity contribution is -0.135. The van der Waals surface area contributed by atoms with Crippen LogP contribution in [-0.4, -0.2) is 75.3 Å². The Balaban J connectivity index is 1.23. The number of rotatable bonds is 4. The molecule has 172 valence electrons. The van der Waals surface area contributed by atoms with Gasteiger partial charge in [0, 0.05) is 44.1 Å². The van der Waals surface area contributed by atoms with Crippen LogP contribution in [0.4, 0.5) is 4.79 Å². The maximum absolute atomic E-state index is 13.5. The Morgan fingerprint density at radius 2 is 1.85 bits per heavy atom. The number of piperidine rings is 2. The van der Waals surface area contributed by atoms with Crippen LogP contribution in [0.1, 0.15) is 41.6 Å². The monoisotopic (exact) mass is 447 g/mol. The van der Waals surface area contributed by atoms with Crippen molar-refractivity contribution in [1.82, 2.24) is 25.0 Å². The zero-order chi connectivity index (χ0) is 22.8. The minimum Gasteiger partial charge on any atom is -0.338 e. The summed E-state index contributed by atoms with van der Waals surface area (Å²) in [6.45, 7) is 3.27. The second kappa shape index (κ2) is 8.94. The van der Waals surface area contributed by atoms with Crippen LogP contribution in [0.5, 0.6) is 0 Å². The largest absolute Gasteiger partial charge is 0.338 e. The van der Waals surface area contributed by atoms with E-state index in [0.29, 0.717) is 38.0 Å². The Hall–Kier alpha value is -3.26. The molecule has 4 amide bonds. The van der Waals surface area contributed by atoms with Gasteiger partial charge in [0.2, 0.25) is 0 Å². The summed E-state index contributed by atoms with van der Waals surface area (Å²) in [4.78, 5) is 48.9. The fraction of sp³-hybridized carbons (Fsp3) is 0.440. The van der Waals surface area contributed by atoms with Crippen molar-refractivity contribution in [2.75, 3.05) is 26.2 Å². The van der Waals surface area contributed by atoms with Crippen molar-refractivity contribution >= 4 is 17.8 Å². The molecule has 1 aromatic carbocycles. The third-order valence-corrected chi connectivity index (χ3v) is 7.09. The van der Waals surface area contributed by atoms with Gasteiger partial charge in [-0.25, -0.2) is 4.79 Å². The molecule has 1 spiro atoms. The SMILES string of the molecule is O=C(c1ccccc1)N1CCC2(CC1)NC(=O)N([C@H]1CCCN(Cc3cccnc3)C1)C2=O. The molecule has 0 bridgehead atoms. The number of benzene rings is 1. The van der Waals surface area contributed by atoms with Gasteiger partial charge in [0.05, 0.1) is 6.04 Å². The van der Waals surface area contributed by atoms with E-state index in [4.69, 9.17) is 0 Å². The smallest absolute Gasteiger partial charge is 0.325 e. The summed E-state index contributed by atoms with van der Waals surface area (Å²) in [6, 6.07) is 12.7. The molecule has 0 unspecified atom stereocenters.